The van der Waals surface area contributed by atoms with Gasteiger partial charge in [-0.05, 0) is 23.1 Å². The molecule has 0 unspecified atom stereocenters. The summed E-state index contributed by atoms with van der Waals surface area (Å²) in [6, 6.07) is 8.68. The molecule has 0 bridgehead atoms. The molecule has 1 aromatic rings. The van der Waals surface area contributed by atoms with Gasteiger partial charge in [0.05, 0.1) is 13.2 Å². The van der Waals surface area contributed by atoms with E-state index in [1.807, 2.05) is 7.05 Å². The number of rotatable bonds is 2. The lowest BCUT2D eigenvalue weighted by Gasteiger charge is -2.51. The zero-order valence-electron chi connectivity index (χ0n) is 10.6. The Morgan fingerprint density at radius 2 is 1.94 bits per heavy atom. The van der Waals surface area contributed by atoms with Gasteiger partial charge in [-0.2, -0.15) is 0 Å². The van der Waals surface area contributed by atoms with Gasteiger partial charge in [0.2, 0.25) is 0 Å². The first kappa shape index (κ1) is 11.5. The molecule has 1 heterocycles. The maximum absolute atomic E-state index is 5.47. The summed E-state index contributed by atoms with van der Waals surface area (Å²) in [5.74, 6) is 0. The third-order valence-electron chi connectivity index (χ3n) is 3.84. The number of benzene rings is 1. The average molecular weight is 219 g/mol. The minimum absolute atomic E-state index is 0.180. The predicted octanol–water partition coefficient (Wildman–Crippen LogP) is 3.04. The molecule has 0 spiro atoms. The molecule has 0 atom stereocenters. The Hall–Kier alpha value is -1.02. The predicted molar refractivity (Wildman–Crippen MR) is 67.9 cm³/mol. The van der Waals surface area contributed by atoms with Crippen LogP contribution in [0.3, 0.4) is 0 Å². The second kappa shape index (κ2) is 3.77. The molecule has 88 valence electrons. The first-order valence-electron chi connectivity index (χ1n) is 5.86. The second-order valence-corrected chi connectivity index (χ2v) is 5.66. The molecule has 0 saturated carbocycles. The van der Waals surface area contributed by atoms with Gasteiger partial charge in [-0.3, -0.25) is 0 Å². The number of anilines is 1. The summed E-state index contributed by atoms with van der Waals surface area (Å²) in [6.07, 6.45) is 0. The maximum atomic E-state index is 5.47. The SMILES string of the molecule is CNc1cccc(C2(C(C)(C)C)COC2)c1. The first-order chi connectivity index (χ1) is 7.49. The van der Waals surface area contributed by atoms with E-state index in [0.717, 1.165) is 13.2 Å². The molecule has 2 heteroatoms. The van der Waals surface area contributed by atoms with E-state index in [2.05, 4.69) is 50.4 Å². The van der Waals surface area contributed by atoms with Gasteiger partial charge in [-0.25, -0.2) is 0 Å². The second-order valence-electron chi connectivity index (χ2n) is 5.66. The third-order valence-corrected chi connectivity index (χ3v) is 3.84. The van der Waals surface area contributed by atoms with Crippen molar-refractivity contribution in [2.45, 2.75) is 26.2 Å². The van der Waals surface area contributed by atoms with Crippen LogP contribution in [-0.4, -0.2) is 20.3 Å². The van der Waals surface area contributed by atoms with E-state index in [4.69, 9.17) is 4.74 Å². The summed E-state index contributed by atoms with van der Waals surface area (Å²) >= 11 is 0. The molecule has 1 aliphatic heterocycles. The van der Waals surface area contributed by atoms with Crippen LogP contribution in [0.4, 0.5) is 5.69 Å². The number of ether oxygens (including phenoxy) is 1. The molecule has 1 aliphatic rings. The Morgan fingerprint density at radius 3 is 2.38 bits per heavy atom. The summed E-state index contributed by atoms with van der Waals surface area (Å²) in [7, 11) is 1.96. The van der Waals surface area contributed by atoms with Gasteiger partial charge in [0.1, 0.15) is 0 Å². The van der Waals surface area contributed by atoms with Crippen molar-refractivity contribution >= 4 is 5.69 Å². The molecule has 2 nitrogen and oxygen atoms in total. The van der Waals surface area contributed by atoms with Crippen molar-refractivity contribution < 1.29 is 4.74 Å². The van der Waals surface area contributed by atoms with E-state index in [0.29, 0.717) is 0 Å². The van der Waals surface area contributed by atoms with Gasteiger partial charge in [-0.1, -0.05) is 32.9 Å². The molecule has 0 radical (unpaired) electrons. The molecule has 1 fully saturated rings. The molecule has 16 heavy (non-hydrogen) atoms. The number of nitrogens with one attached hydrogen (secondary N) is 1. The van der Waals surface area contributed by atoms with Crippen LogP contribution in [0.5, 0.6) is 0 Å². The Bertz CT molecular complexity index is 375. The van der Waals surface area contributed by atoms with E-state index < -0.39 is 0 Å². The summed E-state index contributed by atoms with van der Waals surface area (Å²) in [4.78, 5) is 0. The Balaban J connectivity index is 2.41. The van der Waals surface area contributed by atoms with Crippen LogP contribution in [0, 0.1) is 5.41 Å². The first-order valence-corrected chi connectivity index (χ1v) is 5.86. The lowest BCUT2D eigenvalue weighted by atomic mass is 9.61. The number of hydrogen-bond acceptors (Lipinski definition) is 2. The Kier molecular flexibility index (Phi) is 2.70. The molecule has 2 rings (SSSR count). The standard InChI is InChI=1S/C14H21NO/c1-13(2,3)14(9-16-10-14)11-6-5-7-12(8-11)15-4/h5-8,15H,9-10H2,1-4H3. The lowest BCUT2D eigenvalue weighted by Crippen LogP contribution is -2.55. The molecular weight excluding hydrogens is 198 g/mol. The van der Waals surface area contributed by atoms with Crippen molar-refractivity contribution in [3.63, 3.8) is 0 Å². The lowest BCUT2D eigenvalue weighted by molar-refractivity contribution is -0.113. The highest BCUT2D eigenvalue weighted by molar-refractivity contribution is 5.48. The number of hydrogen-bond donors (Lipinski definition) is 1. The maximum Gasteiger partial charge on any atom is 0.0590 e. The van der Waals surface area contributed by atoms with Crippen molar-refractivity contribution in [1.82, 2.24) is 0 Å². The Labute approximate surface area is 98.0 Å². The zero-order valence-corrected chi connectivity index (χ0v) is 10.6. The molecule has 0 aromatic heterocycles. The largest absolute Gasteiger partial charge is 0.388 e. The smallest absolute Gasteiger partial charge is 0.0590 e. The molecular formula is C14H21NO. The highest BCUT2D eigenvalue weighted by atomic mass is 16.5. The van der Waals surface area contributed by atoms with Gasteiger partial charge < -0.3 is 10.1 Å². The molecule has 0 amide bonds. The van der Waals surface area contributed by atoms with Gasteiger partial charge in [0.15, 0.2) is 0 Å². The van der Waals surface area contributed by atoms with Crippen LogP contribution in [0.1, 0.15) is 26.3 Å². The molecule has 0 aliphatic carbocycles. The zero-order chi connectivity index (χ0) is 11.8. The summed E-state index contributed by atoms with van der Waals surface area (Å²) in [6.45, 7) is 8.55. The van der Waals surface area contributed by atoms with E-state index in [9.17, 15) is 0 Å². The highest BCUT2D eigenvalue weighted by Gasteiger charge is 2.49. The molecule has 1 aromatic carbocycles. The average Bonchev–Trinajstić information content (AvgIpc) is 2.14. The van der Waals surface area contributed by atoms with Crippen molar-refractivity contribution in [3.05, 3.63) is 29.8 Å². The summed E-state index contributed by atoms with van der Waals surface area (Å²) in [5, 5.41) is 3.20. The minimum atomic E-state index is 0.180. The van der Waals surface area contributed by atoms with Crippen molar-refractivity contribution in [2.75, 3.05) is 25.6 Å². The third kappa shape index (κ3) is 1.61. The normalized spacial score (nSPS) is 19.0. The van der Waals surface area contributed by atoms with E-state index >= 15 is 0 Å². The minimum Gasteiger partial charge on any atom is -0.388 e. The fraction of sp³-hybridized carbons (Fsp3) is 0.571. The summed E-state index contributed by atoms with van der Waals surface area (Å²) < 4.78 is 5.47. The highest BCUT2D eigenvalue weighted by Crippen LogP contribution is 2.47. The van der Waals surface area contributed by atoms with E-state index in [1.165, 1.54) is 11.3 Å². The van der Waals surface area contributed by atoms with Crippen molar-refractivity contribution in [3.8, 4) is 0 Å². The molecule has 1 N–H and O–H groups in total. The van der Waals surface area contributed by atoms with Gasteiger partial charge in [-0.15, -0.1) is 0 Å². The Morgan fingerprint density at radius 1 is 1.25 bits per heavy atom. The molecule has 1 saturated heterocycles. The van der Waals surface area contributed by atoms with Crippen LogP contribution in [-0.2, 0) is 10.2 Å². The van der Waals surface area contributed by atoms with Crippen LogP contribution in [0.25, 0.3) is 0 Å². The quantitative estimate of drug-likeness (QED) is 0.825. The van der Waals surface area contributed by atoms with Crippen LogP contribution in [0.15, 0.2) is 24.3 Å². The van der Waals surface area contributed by atoms with Gasteiger partial charge in [0, 0.05) is 18.2 Å². The topological polar surface area (TPSA) is 21.3 Å². The fourth-order valence-corrected chi connectivity index (χ4v) is 2.31. The van der Waals surface area contributed by atoms with Crippen molar-refractivity contribution in [2.24, 2.45) is 5.41 Å². The van der Waals surface area contributed by atoms with E-state index in [1.54, 1.807) is 0 Å². The fourth-order valence-electron chi connectivity index (χ4n) is 2.31. The summed E-state index contributed by atoms with van der Waals surface area (Å²) in [5.41, 5.74) is 2.98. The van der Waals surface area contributed by atoms with Gasteiger partial charge in [0.25, 0.3) is 0 Å². The van der Waals surface area contributed by atoms with Crippen LogP contribution in [0.2, 0.25) is 0 Å². The van der Waals surface area contributed by atoms with Crippen LogP contribution < -0.4 is 5.32 Å². The monoisotopic (exact) mass is 219 g/mol. The van der Waals surface area contributed by atoms with Gasteiger partial charge >= 0.3 is 0 Å². The van der Waals surface area contributed by atoms with E-state index in [-0.39, 0.29) is 10.8 Å². The van der Waals surface area contributed by atoms with Crippen LogP contribution >= 0.6 is 0 Å². The van der Waals surface area contributed by atoms with Crippen molar-refractivity contribution in [1.29, 1.82) is 0 Å².